The first-order valence-corrected chi connectivity index (χ1v) is 4.03. The molecule has 0 saturated carbocycles. The van der Waals surface area contributed by atoms with Gasteiger partial charge in [-0.1, -0.05) is 30.3 Å². The van der Waals surface area contributed by atoms with Crippen molar-refractivity contribution in [1.82, 2.24) is 5.32 Å². The van der Waals surface area contributed by atoms with Gasteiger partial charge in [-0.05, 0) is 5.56 Å². The lowest BCUT2D eigenvalue weighted by atomic mass is 10.1. The van der Waals surface area contributed by atoms with Crippen LogP contribution in [0.3, 0.4) is 0 Å². The van der Waals surface area contributed by atoms with Crippen LogP contribution in [0.5, 0.6) is 0 Å². The third-order valence-corrected chi connectivity index (χ3v) is 1.69. The Kier molecular flexibility index (Phi) is 3.20. The summed E-state index contributed by atoms with van der Waals surface area (Å²) in [6.45, 7) is 0. The summed E-state index contributed by atoms with van der Waals surface area (Å²) in [6.07, 6.45) is 0.167. The SMILES string of the molecule is CNC(=O)C(=O)Cc1ccccc1. The van der Waals surface area contributed by atoms with Crippen molar-refractivity contribution in [1.29, 1.82) is 0 Å². The fourth-order valence-corrected chi connectivity index (χ4v) is 1.00. The Hall–Kier alpha value is -1.64. The minimum Gasteiger partial charge on any atom is -0.353 e. The predicted molar refractivity (Wildman–Crippen MR) is 49.2 cm³/mol. The standard InChI is InChI=1S/C10H11NO2/c1-11-10(13)9(12)7-8-5-3-2-4-6-8/h2-6H,7H2,1H3,(H,11,13). The monoisotopic (exact) mass is 177 g/mol. The van der Waals surface area contributed by atoms with E-state index in [1.165, 1.54) is 7.05 Å². The molecule has 0 aliphatic rings. The van der Waals surface area contributed by atoms with Crippen molar-refractivity contribution in [2.24, 2.45) is 0 Å². The zero-order chi connectivity index (χ0) is 9.68. The van der Waals surface area contributed by atoms with Crippen molar-refractivity contribution in [3.63, 3.8) is 0 Å². The van der Waals surface area contributed by atoms with Crippen LogP contribution in [-0.2, 0) is 16.0 Å². The number of carbonyl (C=O) groups is 2. The van der Waals surface area contributed by atoms with Crippen molar-refractivity contribution in [3.8, 4) is 0 Å². The second kappa shape index (κ2) is 4.40. The Bertz CT molecular complexity index is 306. The molecular formula is C10H11NO2. The molecule has 0 aromatic heterocycles. The fourth-order valence-electron chi connectivity index (χ4n) is 1.00. The van der Waals surface area contributed by atoms with Gasteiger partial charge in [0.1, 0.15) is 0 Å². The van der Waals surface area contributed by atoms with E-state index in [-0.39, 0.29) is 6.42 Å². The Morgan fingerprint density at radius 1 is 1.23 bits per heavy atom. The molecule has 13 heavy (non-hydrogen) atoms. The van der Waals surface area contributed by atoms with Gasteiger partial charge in [0.25, 0.3) is 5.91 Å². The summed E-state index contributed by atoms with van der Waals surface area (Å²) >= 11 is 0. The van der Waals surface area contributed by atoms with Crippen molar-refractivity contribution >= 4 is 11.7 Å². The first kappa shape index (κ1) is 9.45. The van der Waals surface area contributed by atoms with Crippen LogP contribution in [0.2, 0.25) is 0 Å². The quantitative estimate of drug-likeness (QED) is 0.685. The van der Waals surface area contributed by atoms with Crippen LogP contribution in [0.25, 0.3) is 0 Å². The van der Waals surface area contributed by atoms with Crippen LogP contribution in [-0.4, -0.2) is 18.7 Å². The number of ketones is 1. The van der Waals surface area contributed by atoms with Gasteiger partial charge in [-0.3, -0.25) is 9.59 Å². The topological polar surface area (TPSA) is 46.2 Å². The van der Waals surface area contributed by atoms with Gasteiger partial charge in [-0.2, -0.15) is 0 Å². The highest BCUT2D eigenvalue weighted by molar-refractivity contribution is 6.36. The van der Waals surface area contributed by atoms with E-state index in [2.05, 4.69) is 5.32 Å². The zero-order valence-electron chi connectivity index (χ0n) is 7.41. The summed E-state index contributed by atoms with van der Waals surface area (Å²) in [5.41, 5.74) is 0.858. The summed E-state index contributed by atoms with van der Waals surface area (Å²) in [4.78, 5) is 22.0. The van der Waals surface area contributed by atoms with Crippen LogP contribution < -0.4 is 5.32 Å². The predicted octanol–water partition coefficient (Wildman–Crippen LogP) is 0.544. The van der Waals surface area contributed by atoms with E-state index in [9.17, 15) is 9.59 Å². The second-order valence-corrected chi connectivity index (χ2v) is 2.66. The molecule has 1 rings (SSSR count). The smallest absolute Gasteiger partial charge is 0.287 e. The highest BCUT2D eigenvalue weighted by atomic mass is 16.2. The summed E-state index contributed by atoms with van der Waals surface area (Å²) in [6, 6.07) is 9.19. The lowest BCUT2D eigenvalue weighted by Crippen LogP contribution is -2.28. The highest BCUT2D eigenvalue weighted by Gasteiger charge is 2.11. The first-order chi connectivity index (χ1) is 6.24. The number of rotatable bonds is 3. The second-order valence-electron chi connectivity index (χ2n) is 2.66. The average Bonchev–Trinajstić information content (AvgIpc) is 2.18. The van der Waals surface area contributed by atoms with Gasteiger partial charge < -0.3 is 5.32 Å². The van der Waals surface area contributed by atoms with Crippen LogP contribution in [0.15, 0.2) is 30.3 Å². The maximum atomic E-state index is 11.1. The minimum atomic E-state index is -0.538. The van der Waals surface area contributed by atoms with Gasteiger partial charge >= 0.3 is 0 Å². The van der Waals surface area contributed by atoms with E-state index in [0.717, 1.165) is 5.56 Å². The molecule has 0 atom stereocenters. The molecule has 1 aromatic carbocycles. The van der Waals surface area contributed by atoms with E-state index in [1.54, 1.807) is 0 Å². The molecule has 3 heteroatoms. The molecule has 1 aromatic rings. The van der Waals surface area contributed by atoms with Crippen molar-refractivity contribution < 1.29 is 9.59 Å². The van der Waals surface area contributed by atoms with Crippen molar-refractivity contribution in [2.45, 2.75) is 6.42 Å². The number of hydrogen-bond donors (Lipinski definition) is 1. The maximum absolute atomic E-state index is 11.1. The number of carbonyl (C=O) groups excluding carboxylic acids is 2. The van der Waals surface area contributed by atoms with E-state index in [0.29, 0.717) is 0 Å². The molecule has 0 heterocycles. The van der Waals surface area contributed by atoms with Gasteiger partial charge in [0, 0.05) is 13.5 Å². The molecule has 0 radical (unpaired) electrons. The van der Waals surface area contributed by atoms with Crippen LogP contribution in [0.1, 0.15) is 5.56 Å². The lowest BCUT2D eigenvalue weighted by molar-refractivity contribution is -0.137. The molecule has 1 N–H and O–H groups in total. The molecule has 0 aliphatic carbocycles. The number of Topliss-reactive ketones (excluding diaryl/α,β-unsaturated/α-hetero) is 1. The molecular weight excluding hydrogens is 166 g/mol. The Labute approximate surface area is 76.8 Å². The molecule has 1 amide bonds. The van der Waals surface area contributed by atoms with Crippen LogP contribution in [0, 0.1) is 0 Å². The molecule has 0 bridgehead atoms. The van der Waals surface area contributed by atoms with E-state index in [1.807, 2.05) is 30.3 Å². The zero-order valence-corrected chi connectivity index (χ0v) is 7.41. The van der Waals surface area contributed by atoms with Gasteiger partial charge in [0.05, 0.1) is 0 Å². The summed E-state index contributed by atoms with van der Waals surface area (Å²) in [5, 5.41) is 2.30. The van der Waals surface area contributed by atoms with Crippen LogP contribution >= 0.6 is 0 Å². The van der Waals surface area contributed by atoms with Gasteiger partial charge in [-0.15, -0.1) is 0 Å². The number of hydrogen-bond acceptors (Lipinski definition) is 2. The largest absolute Gasteiger partial charge is 0.353 e. The first-order valence-electron chi connectivity index (χ1n) is 4.03. The number of benzene rings is 1. The molecule has 0 unspecified atom stereocenters. The Morgan fingerprint density at radius 2 is 1.85 bits per heavy atom. The molecule has 0 spiro atoms. The average molecular weight is 177 g/mol. The summed E-state index contributed by atoms with van der Waals surface area (Å²) in [5.74, 6) is -0.947. The van der Waals surface area contributed by atoms with Crippen molar-refractivity contribution in [2.75, 3.05) is 7.05 Å². The van der Waals surface area contributed by atoms with Gasteiger partial charge in [0.15, 0.2) is 0 Å². The number of nitrogens with one attached hydrogen (secondary N) is 1. The van der Waals surface area contributed by atoms with E-state index >= 15 is 0 Å². The Balaban J connectivity index is 2.60. The normalized spacial score (nSPS) is 9.31. The van der Waals surface area contributed by atoms with E-state index in [4.69, 9.17) is 0 Å². The van der Waals surface area contributed by atoms with Gasteiger partial charge in [-0.25, -0.2) is 0 Å². The molecule has 3 nitrogen and oxygen atoms in total. The maximum Gasteiger partial charge on any atom is 0.287 e. The van der Waals surface area contributed by atoms with Crippen LogP contribution in [0.4, 0.5) is 0 Å². The van der Waals surface area contributed by atoms with E-state index < -0.39 is 11.7 Å². The highest BCUT2D eigenvalue weighted by Crippen LogP contribution is 1.99. The minimum absolute atomic E-state index is 0.167. The molecule has 0 fully saturated rings. The lowest BCUT2D eigenvalue weighted by Gasteiger charge is -1.98. The van der Waals surface area contributed by atoms with Crippen molar-refractivity contribution in [3.05, 3.63) is 35.9 Å². The summed E-state index contributed by atoms with van der Waals surface area (Å²) < 4.78 is 0. The molecule has 0 aliphatic heterocycles. The fraction of sp³-hybridized carbons (Fsp3) is 0.200. The third-order valence-electron chi connectivity index (χ3n) is 1.69. The molecule has 0 saturated heterocycles. The third kappa shape index (κ3) is 2.71. The number of amides is 1. The molecule has 68 valence electrons. The Morgan fingerprint density at radius 3 is 2.38 bits per heavy atom. The summed E-state index contributed by atoms with van der Waals surface area (Å²) in [7, 11) is 1.45. The number of likely N-dealkylation sites (N-methyl/N-ethyl adjacent to an activating group) is 1. The van der Waals surface area contributed by atoms with Gasteiger partial charge in [0.2, 0.25) is 5.78 Å².